The zero-order chi connectivity index (χ0) is 25.1. The molecule has 1 aliphatic heterocycles. The third-order valence-electron chi connectivity index (χ3n) is 6.21. The van der Waals surface area contributed by atoms with Crippen molar-refractivity contribution in [1.82, 2.24) is 14.8 Å². The summed E-state index contributed by atoms with van der Waals surface area (Å²) >= 11 is 7.86. The van der Waals surface area contributed by atoms with Gasteiger partial charge in [0.25, 0.3) is 0 Å². The lowest BCUT2D eigenvalue weighted by Gasteiger charge is -2.32. The lowest BCUT2D eigenvalue weighted by Crippen LogP contribution is -2.31. The van der Waals surface area contributed by atoms with Crippen molar-refractivity contribution in [3.05, 3.63) is 69.9 Å². The first kappa shape index (κ1) is 24.7. The number of halogens is 1. The third-order valence-corrected chi connectivity index (χ3v) is 7.46. The van der Waals surface area contributed by atoms with Crippen molar-refractivity contribution in [2.24, 2.45) is 0 Å². The Balaban J connectivity index is 1.52. The van der Waals surface area contributed by atoms with E-state index in [1.165, 1.54) is 11.8 Å². The van der Waals surface area contributed by atoms with Crippen LogP contribution in [0.1, 0.15) is 56.7 Å². The van der Waals surface area contributed by atoms with Crippen LogP contribution >= 0.6 is 23.4 Å². The molecule has 0 saturated heterocycles. The Hall–Kier alpha value is -2.97. The van der Waals surface area contributed by atoms with E-state index in [0.717, 1.165) is 46.7 Å². The van der Waals surface area contributed by atoms with Gasteiger partial charge < -0.3 is 14.8 Å². The Kier molecular flexibility index (Phi) is 7.53. The summed E-state index contributed by atoms with van der Waals surface area (Å²) in [6.45, 7) is 5.15. The molecule has 5 rings (SSSR count). The number of carbonyl (C=O) groups is 1. The second kappa shape index (κ2) is 11.0. The Bertz CT molecular complexity index is 1310. The van der Waals surface area contributed by atoms with Crippen LogP contribution in [0.4, 0.5) is 5.95 Å². The van der Waals surface area contributed by atoms with Gasteiger partial charge in [-0.3, -0.25) is 4.79 Å². The number of benzene rings is 2. The number of ketones is 1. The fourth-order valence-electron chi connectivity index (χ4n) is 4.56. The van der Waals surface area contributed by atoms with Crippen molar-refractivity contribution in [3.8, 4) is 11.5 Å². The lowest BCUT2D eigenvalue weighted by molar-refractivity contribution is -0.116. The number of fused-ring (bicyclic) bond motifs is 1. The molecule has 0 spiro atoms. The maximum absolute atomic E-state index is 13.2. The standard InChI is InChI=1S/C27H29ClN4O3S/c1-3-14-35-22-13-12-17(15-23(22)34-4-2)25-24-20(10-7-11-21(24)33)29-26-30-27(31-32(25)26)36-16-18-8-5-6-9-19(18)28/h5-6,8-9,12-13,15,25H,3-4,7,10-11,14,16H2,1-2H3,(H,29,30,31). The Morgan fingerprint density at radius 2 is 2.00 bits per heavy atom. The monoisotopic (exact) mass is 524 g/mol. The summed E-state index contributed by atoms with van der Waals surface area (Å²) in [7, 11) is 0. The number of nitrogens with one attached hydrogen (secondary N) is 1. The Morgan fingerprint density at radius 3 is 2.81 bits per heavy atom. The number of aromatic nitrogens is 3. The molecule has 3 aromatic rings. The molecule has 1 atom stereocenters. The van der Waals surface area contributed by atoms with Crippen molar-refractivity contribution >= 4 is 35.1 Å². The average molecular weight is 525 g/mol. The molecular weight excluding hydrogens is 496 g/mol. The molecule has 1 aliphatic carbocycles. The van der Waals surface area contributed by atoms with E-state index in [9.17, 15) is 4.79 Å². The van der Waals surface area contributed by atoms with E-state index in [4.69, 9.17) is 31.2 Å². The van der Waals surface area contributed by atoms with E-state index in [2.05, 4.69) is 12.2 Å². The van der Waals surface area contributed by atoms with E-state index >= 15 is 0 Å². The number of anilines is 1. The fraction of sp³-hybridized carbons (Fsp3) is 0.370. The van der Waals surface area contributed by atoms with Crippen molar-refractivity contribution < 1.29 is 14.3 Å². The molecule has 188 valence electrons. The average Bonchev–Trinajstić information content (AvgIpc) is 3.29. The van der Waals surface area contributed by atoms with Gasteiger partial charge in [0, 0.05) is 28.5 Å². The normalized spacial score (nSPS) is 16.9. The minimum atomic E-state index is -0.384. The molecule has 0 saturated carbocycles. The van der Waals surface area contributed by atoms with Crippen LogP contribution in [0.15, 0.2) is 58.9 Å². The number of hydrogen-bond donors (Lipinski definition) is 1. The van der Waals surface area contributed by atoms with E-state index in [1.807, 2.05) is 54.1 Å². The van der Waals surface area contributed by atoms with Crippen molar-refractivity contribution in [2.75, 3.05) is 18.5 Å². The smallest absolute Gasteiger partial charge is 0.227 e. The second-order valence-corrected chi connectivity index (χ2v) is 10.1. The van der Waals surface area contributed by atoms with Crippen molar-refractivity contribution in [2.45, 2.75) is 56.5 Å². The highest BCUT2D eigenvalue weighted by Gasteiger charge is 2.37. The molecule has 7 nitrogen and oxygen atoms in total. The summed E-state index contributed by atoms with van der Waals surface area (Å²) in [5.74, 6) is 2.80. The number of Topliss-reactive ketones (excluding diaryl/α,β-unsaturated/α-hetero) is 1. The molecular formula is C27H29ClN4O3S. The van der Waals surface area contributed by atoms with Crippen LogP contribution in [0.25, 0.3) is 0 Å². The van der Waals surface area contributed by atoms with Gasteiger partial charge in [0.15, 0.2) is 17.3 Å². The van der Waals surface area contributed by atoms with Crippen LogP contribution in [0, 0.1) is 0 Å². The number of nitrogens with zero attached hydrogens (tertiary/aromatic N) is 3. The van der Waals surface area contributed by atoms with Crippen LogP contribution < -0.4 is 14.8 Å². The number of allylic oxidation sites excluding steroid dienone is 2. The van der Waals surface area contributed by atoms with Gasteiger partial charge in [0.05, 0.1) is 13.2 Å². The van der Waals surface area contributed by atoms with Gasteiger partial charge in [0.2, 0.25) is 11.1 Å². The van der Waals surface area contributed by atoms with Gasteiger partial charge >= 0.3 is 0 Å². The summed E-state index contributed by atoms with van der Waals surface area (Å²) in [5.41, 5.74) is 3.63. The largest absolute Gasteiger partial charge is 0.490 e. The van der Waals surface area contributed by atoms with Gasteiger partial charge in [0.1, 0.15) is 6.04 Å². The van der Waals surface area contributed by atoms with Gasteiger partial charge in [-0.25, -0.2) is 4.68 Å². The summed E-state index contributed by atoms with van der Waals surface area (Å²) < 4.78 is 13.6. The number of rotatable bonds is 9. The molecule has 2 aliphatic rings. The SMILES string of the molecule is CCCOc1ccc(C2C3=C(CCCC3=O)Nc3nc(SCc4ccccc4Cl)nn32)cc1OCC. The second-order valence-electron chi connectivity index (χ2n) is 8.73. The van der Waals surface area contributed by atoms with Crippen LogP contribution in [-0.4, -0.2) is 33.8 Å². The summed E-state index contributed by atoms with van der Waals surface area (Å²) in [6, 6.07) is 13.3. The van der Waals surface area contributed by atoms with Crippen LogP contribution in [0.5, 0.6) is 11.5 Å². The van der Waals surface area contributed by atoms with E-state index in [1.54, 1.807) is 0 Å². The van der Waals surface area contributed by atoms with Crippen LogP contribution in [0.3, 0.4) is 0 Å². The minimum Gasteiger partial charge on any atom is -0.490 e. The topological polar surface area (TPSA) is 78.3 Å². The Labute approximate surface area is 220 Å². The highest BCUT2D eigenvalue weighted by molar-refractivity contribution is 7.98. The molecule has 0 fully saturated rings. The molecule has 1 N–H and O–H groups in total. The molecule has 2 heterocycles. The fourth-order valence-corrected chi connectivity index (χ4v) is 5.67. The molecule has 0 radical (unpaired) electrons. The van der Waals surface area contributed by atoms with E-state index < -0.39 is 0 Å². The van der Waals surface area contributed by atoms with E-state index in [-0.39, 0.29) is 11.8 Å². The quantitative estimate of drug-likeness (QED) is 0.323. The van der Waals surface area contributed by atoms with Crippen LogP contribution in [-0.2, 0) is 10.5 Å². The highest BCUT2D eigenvalue weighted by Crippen LogP contribution is 2.43. The maximum Gasteiger partial charge on any atom is 0.227 e. The van der Waals surface area contributed by atoms with E-state index in [0.29, 0.717) is 48.0 Å². The summed E-state index contributed by atoms with van der Waals surface area (Å²) in [6.07, 6.45) is 3.07. The molecule has 0 bridgehead atoms. The van der Waals surface area contributed by atoms with Gasteiger partial charge in [-0.2, -0.15) is 4.98 Å². The lowest BCUT2D eigenvalue weighted by atomic mass is 9.85. The first-order chi connectivity index (χ1) is 17.6. The van der Waals surface area contributed by atoms with Gasteiger partial charge in [-0.1, -0.05) is 54.6 Å². The van der Waals surface area contributed by atoms with Gasteiger partial charge in [-0.05, 0) is 55.5 Å². The molecule has 1 aromatic heterocycles. The minimum absolute atomic E-state index is 0.143. The molecule has 0 amide bonds. The number of thioether (sulfide) groups is 1. The first-order valence-electron chi connectivity index (χ1n) is 12.3. The number of carbonyl (C=O) groups excluding carboxylic acids is 1. The third kappa shape index (κ3) is 4.97. The summed E-state index contributed by atoms with van der Waals surface area (Å²) in [4.78, 5) is 17.9. The zero-order valence-electron chi connectivity index (χ0n) is 20.4. The number of ether oxygens (including phenoxy) is 2. The molecule has 36 heavy (non-hydrogen) atoms. The molecule has 1 unspecified atom stereocenters. The predicted molar refractivity (Wildman–Crippen MR) is 142 cm³/mol. The van der Waals surface area contributed by atoms with Crippen LogP contribution in [0.2, 0.25) is 5.02 Å². The first-order valence-corrected chi connectivity index (χ1v) is 13.7. The van der Waals surface area contributed by atoms with Gasteiger partial charge in [-0.15, -0.1) is 5.10 Å². The molecule has 2 aromatic carbocycles. The zero-order valence-corrected chi connectivity index (χ0v) is 22.0. The predicted octanol–water partition coefficient (Wildman–Crippen LogP) is 6.43. The van der Waals surface area contributed by atoms with Crippen molar-refractivity contribution in [1.29, 1.82) is 0 Å². The number of hydrogen-bond acceptors (Lipinski definition) is 7. The Morgan fingerprint density at radius 1 is 1.14 bits per heavy atom. The highest BCUT2D eigenvalue weighted by atomic mass is 35.5. The van der Waals surface area contributed by atoms with Crippen molar-refractivity contribution in [3.63, 3.8) is 0 Å². The molecule has 9 heteroatoms. The summed E-state index contributed by atoms with van der Waals surface area (Å²) in [5, 5.41) is 9.57. The maximum atomic E-state index is 13.2.